The van der Waals surface area contributed by atoms with Crippen LogP contribution in [0.2, 0.25) is 5.02 Å². The van der Waals surface area contributed by atoms with E-state index in [1.807, 2.05) is 24.3 Å². The molecule has 108 valence electrons. The van der Waals surface area contributed by atoms with Gasteiger partial charge in [0.05, 0.1) is 16.6 Å². The minimum Gasteiger partial charge on any atom is -0.345 e. The zero-order valence-electron chi connectivity index (χ0n) is 11.4. The molecular weight excluding hydrogens is 350 g/mol. The molecule has 1 aliphatic rings. The number of aryl methyl sites for hydroxylation is 1. The topological polar surface area (TPSA) is 29.1 Å². The van der Waals surface area contributed by atoms with Gasteiger partial charge < -0.3 is 5.32 Å². The molecule has 0 bridgehead atoms. The van der Waals surface area contributed by atoms with E-state index in [0.29, 0.717) is 10.6 Å². The summed E-state index contributed by atoms with van der Waals surface area (Å²) in [6.07, 6.45) is 3.14. The predicted molar refractivity (Wildman–Crippen MR) is 88.7 cm³/mol. The van der Waals surface area contributed by atoms with Crippen molar-refractivity contribution in [1.82, 2.24) is 5.32 Å². The largest absolute Gasteiger partial charge is 0.345 e. The molecular formula is C17H15BrClNO. The Morgan fingerprint density at radius 2 is 2.00 bits per heavy atom. The fourth-order valence-corrected chi connectivity index (χ4v) is 3.40. The molecule has 1 atom stereocenters. The molecule has 2 aromatic rings. The van der Waals surface area contributed by atoms with Gasteiger partial charge in [-0.2, -0.15) is 0 Å². The van der Waals surface area contributed by atoms with Gasteiger partial charge in [0.2, 0.25) is 0 Å². The molecule has 0 radical (unpaired) electrons. The normalized spacial score (nSPS) is 17.1. The smallest absolute Gasteiger partial charge is 0.253 e. The van der Waals surface area contributed by atoms with Crippen LogP contribution in [0.25, 0.3) is 0 Å². The zero-order chi connectivity index (χ0) is 14.8. The average Bonchev–Trinajstić information content (AvgIpc) is 2.50. The number of carbonyl (C=O) groups is 1. The second-order valence-corrected chi connectivity index (χ2v) is 6.45. The van der Waals surface area contributed by atoms with E-state index in [2.05, 4.69) is 33.4 Å². The van der Waals surface area contributed by atoms with Gasteiger partial charge in [-0.3, -0.25) is 4.79 Å². The fourth-order valence-electron chi connectivity index (χ4n) is 2.82. The highest BCUT2D eigenvalue weighted by molar-refractivity contribution is 9.10. The summed E-state index contributed by atoms with van der Waals surface area (Å²) >= 11 is 9.55. The lowest BCUT2D eigenvalue weighted by Crippen LogP contribution is -2.31. The molecule has 1 amide bonds. The molecule has 4 heteroatoms. The van der Waals surface area contributed by atoms with Gasteiger partial charge >= 0.3 is 0 Å². The number of halogens is 2. The van der Waals surface area contributed by atoms with Crippen LogP contribution >= 0.6 is 27.5 Å². The van der Waals surface area contributed by atoms with Gasteiger partial charge in [-0.15, -0.1) is 0 Å². The van der Waals surface area contributed by atoms with Crippen molar-refractivity contribution in [3.05, 3.63) is 68.7 Å². The monoisotopic (exact) mass is 363 g/mol. The van der Waals surface area contributed by atoms with Gasteiger partial charge in [-0.05, 0) is 58.5 Å². The van der Waals surface area contributed by atoms with Crippen LogP contribution in [0.5, 0.6) is 0 Å². The molecule has 2 nitrogen and oxygen atoms in total. The van der Waals surface area contributed by atoms with Crippen molar-refractivity contribution < 1.29 is 4.79 Å². The predicted octanol–water partition coefficient (Wildman–Crippen LogP) is 4.91. The highest BCUT2D eigenvalue weighted by atomic mass is 79.9. The van der Waals surface area contributed by atoms with Crippen LogP contribution in [0.3, 0.4) is 0 Å². The van der Waals surface area contributed by atoms with Gasteiger partial charge in [0.15, 0.2) is 0 Å². The number of fused-ring (bicyclic) bond motifs is 1. The van der Waals surface area contributed by atoms with E-state index >= 15 is 0 Å². The maximum atomic E-state index is 12.5. The fraction of sp³-hybridized carbons (Fsp3) is 0.235. The first kappa shape index (κ1) is 14.6. The molecule has 0 saturated heterocycles. The number of benzene rings is 2. The van der Waals surface area contributed by atoms with E-state index in [1.54, 1.807) is 6.07 Å². The van der Waals surface area contributed by atoms with Crippen molar-refractivity contribution in [2.24, 2.45) is 0 Å². The molecule has 21 heavy (non-hydrogen) atoms. The van der Waals surface area contributed by atoms with Gasteiger partial charge in [0.25, 0.3) is 5.91 Å². The highest BCUT2D eigenvalue weighted by Gasteiger charge is 2.23. The van der Waals surface area contributed by atoms with Gasteiger partial charge in [0, 0.05) is 4.47 Å². The lowest BCUT2D eigenvalue weighted by molar-refractivity contribution is 0.0933. The summed E-state index contributed by atoms with van der Waals surface area (Å²) in [5, 5.41) is 3.57. The molecule has 2 aromatic carbocycles. The van der Waals surface area contributed by atoms with Gasteiger partial charge in [-0.1, -0.05) is 41.9 Å². The van der Waals surface area contributed by atoms with E-state index in [-0.39, 0.29) is 11.9 Å². The summed E-state index contributed by atoms with van der Waals surface area (Å²) < 4.78 is 0.737. The highest BCUT2D eigenvalue weighted by Crippen LogP contribution is 2.31. The van der Waals surface area contributed by atoms with Crippen LogP contribution in [-0.4, -0.2) is 5.91 Å². The van der Waals surface area contributed by atoms with E-state index in [4.69, 9.17) is 11.6 Å². The Hall–Kier alpha value is -1.32. The summed E-state index contributed by atoms with van der Waals surface area (Å²) in [7, 11) is 0. The van der Waals surface area contributed by atoms with Crippen molar-refractivity contribution in [3.8, 4) is 0 Å². The third-order valence-corrected chi connectivity index (χ3v) is 5.17. The van der Waals surface area contributed by atoms with Crippen LogP contribution in [0.1, 0.15) is 40.4 Å². The lowest BCUT2D eigenvalue weighted by atomic mass is 9.87. The minimum absolute atomic E-state index is 0.0671. The molecule has 0 aromatic heterocycles. The van der Waals surface area contributed by atoms with E-state index in [0.717, 1.165) is 23.7 Å². The Morgan fingerprint density at radius 1 is 1.19 bits per heavy atom. The Morgan fingerprint density at radius 3 is 2.86 bits per heavy atom. The molecule has 3 rings (SSSR count). The molecule has 0 saturated carbocycles. The first-order valence-electron chi connectivity index (χ1n) is 6.99. The van der Waals surface area contributed by atoms with Crippen LogP contribution in [0, 0.1) is 0 Å². The number of rotatable bonds is 2. The quantitative estimate of drug-likeness (QED) is 0.806. The third kappa shape index (κ3) is 2.99. The van der Waals surface area contributed by atoms with Crippen molar-refractivity contribution in [3.63, 3.8) is 0 Å². The molecule has 0 heterocycles. The van der Waals surface area contributed by atoms with Crippen LogP contribution in [-0.2, 0) is 6.42 Å². The number of hydrogen-bond acceptors (Lipinski definition) is 1. The molecule has 0 aliphatic heterocycles. The first-order chi connectivity index (χ1) is 10.2. The molecule has 1 unspecified atom stereocenters. The zero-order valence-corrected chi connectivity index (χ0v) is 13.7. The first-order valence-corrected chi connectivity index (χ1v) is 8.16. The van der Waals surface area contributed by atoms with E-state index in [9.17, 15) is 4.79 Å². The Labute approximate surface area is 137 Å². The maximum Gasteiger partial charge on any atom is 0.253 e. The third-order valence-electron chi connectivity index (χ3n) is 3.87. The summed E-state index contributed by atoms with van der Waals surface area (Å²) in [6.45, 7) is 0. The minimum atomic E-state index is -0.122. The van der Waals surface area contributed by atoms with E-state index < -0.39 is 0 Å². The van der Waals surface area contributed by atoms with E-state index in [1.165, 1.54) is 11.1 Å². The van der Waals surface area contributed by atoms with Crippen molar-refractivity contribution in [2.75, 3.05) is 0 Å². The Bertz CT molecular complexity index is 686. The summed E-state index contributed by atoms with van der Waals surface area (Å²) in [6, 6.07) is 13.8. The van der Waals surface area contributed by atoms with Crippen LogP contribution < -0.4 is 5.32 Å². The summed E-state index contributed by atoms with van der Waals surface area (Å²) in [4.78, 5) is 12.5. The second kappa shape index (κ2) is 6.20. The lowest BCUT2D eigenvalue weighted by Gasteiger charge is -2.26. The van der Waals surface area contributed by atoms with Gasteiger partial charge in [0.1, 0.15) is 0 Å². The molecule has 0 spiro atoms. The van der Waals surface area contributed by atoms with Crippen LogP contribution in [0.15, 0.2) is 46.9 Å². The van der Waals surface area contributed by atoms with Crippen molar-refractivity contribution in [2.45, 2.75) is 25.3 Å². The second-order valence-electron chi connectivity index (χ2n) is 5.22. The molecule has 1 N–H and O–H groups in total. The average molecular weight is 365 g/mol. The van der Waals surface area contributed by atoms with Crippen molar-refractivity contribution >= 4 is 33.4 Å². The molecule has 0 fully saturated rings. The van der Waals surface area contributed by atoms with Gasteiger partial charge in [-0.25, -0.2) is 0 Å². The van der Waals surface area contributed by atoms with Crippen molar-refractivity contribution in [1.29, 1.82) is 0 Å². The standard InChI is InChI=1S/C17H15BrClNO/c18-14-9-4-8-13(16(14)19)17(21)20-15-10-3-6-11-5-1-2-7-12(11)15/h1-2,4-5,7-9,15H,3,6,10H2,(H,20,21). The Kier molecular flexibility index (Phi) is 4.32. The Balaban J connectivity index is 1.85. The summed E-state index contributed by atoms with van der Waals surface area (Å²) in [5.41, 5.74) is 3.06. The summed E-state index contributed by atoms with van der Waals surface area (Å²) in [5.74, 6) is -0.122. The number of carbonyl (C=O) groups excluding carboxylic acids is 1. The number of amides is 1. The maximum absolute atomic E-state index is 12.5. The number of nitrogens with one attached hydrogen (secondary N) is 1. The molecule has 1 aliphatic carbocycles. The van der Waals surface area contributed by atoms with Crippen LogP contribution in [0.4, 0.5) is 0 Å². The SMILES string of the molecule is O=C(NC1CCCc2ccccc21)c1cccc(Br)c1Cl. The number of hydrogen-bond donors (Lipinski definition) is 1.